The molecule has 1 saturated carbocycles. The molecule has 0 unspecified atom stereocenters. The number of aromatic hydroxyl groups is 1. The van der Waals surface area contributed by atoms with Gasteiger partial charge in [-0.3, -0.25) is 4.79 Å². The van der Waals surface area contributed by atoms with E-state index in [-0.39, 0.29) is 17.9 Å². The lowest BCUT2D eigenvalue weighted by atomic mass is 9.85. The van der Waals surface area contributed by atoms with E-state index in [2.05, 4.69) is 5.32 Å². The number of hydrogen-bond donors (Lipinski definition) is 3. The van der Waals surface area contributed by atoms with E-state index in [1.807, 2.05) is 0 Å². The molecule has 1 aliphatic rings. The number of phenolic OH excluding ortho intramolecular Hbond substituents is 1. The Kier molecular flexibility index (Phi) is 4.04. The molecule has 1 aliphatic carbocycles. The minimum atomic E-state index is -0.874. The molecule has 2 rings (SSSR count). The number of phenols is 1. The van der Waals surface area contributed by atoms with Crippen LogP contribution in [0.15, 0.2) is 18.2 Å². The van der Waals surface area contributed by atoms with Gasteiger partial charge in [-0.25, -0.2) is 4.39 Å². The van der Waals surface area contributed by atoms with Crippen molar-refractivity contribution >= 4 is 5.91 Å². The third-order valence-electron chi connectivity index (χ3n) is 3.56. The normalized spacial score (nSPS) is 18.0. The SMILES string of the molecule is O=C(NCC1(O)CCCCC1)c1ccc(O)cc1F. The Hall–Kier alpha value is -1.62. The number of carbonyl (C=O) groups is 1. The fraction of sp³-hybridized carbons (Fsp3) is 0.500. The molecule has 0 radical (unpaired) electrons. The van der Waals surface area contributed by atoms with E-state index in [4.69, 9.17) is 5.11 Å². The molecule has 1 aromatic carbocycles. The smallest absolute Gasteiger partial charge is 0.254 e. The largest absolute Gasteiger partial charge is 0.508 e. The molecule has 3 N–H and O–H groups in total. The number of benzene rings is 1. The van der Waals surface area contributed by atoms with Crippen LogP contribution in [0.4, 0.5) is 4.39 Å². The Bertz CT molecular complexity index is 470. The van der Waals surface area contributed by atoms with Gasteiger partial charge in [-0.05, 0) is 25.0 Å². The van der Waals surface area contributed by atoms with Crippen LogP contribution in [0.1, 0.15) is 42.5 Å². The van der Waals surface area contributed by atoms with E-state index < -0.39 is 17.3 Å². The maximum atomic E-state index is 13.5. The van der Waals surface area contributed by atoms with Crippen LogP contribution < -0.4 is 5.32 Å². The number of amides is 1. The summed E-state index contributed by atoms with van der Waals surface area (Å²) in [5.41, 5.74) is -1.00. The monoisotopic (exact) mass is 267 g/mol. The van der Waals surface area contributed by atoms with Crippen molar-refractivity contribution in [3.05, 3.63) is 29.6 Å². The summed E-state index contributed by atoms with van der Waals surface area (Å²) in [6, 6.07) is 3.38. The van der Waals surface area contributed by atoms with Gasteiger partial charge in [0.25, 0.3) is 5.91 Å². The second kappa shape index (κ2) is 5.57. The minimum Gasteiger partial charge on any atom is -0.508 e. The zero-order valence-corrected chi connectivity index (χ0v) is 10.7. The third-order valence-corrected chi connectivity index (χ3v) is 3.56. The molecule has 1 fully saturated rings. The molecule has 0 atom stereocenters. The molecule has 0 bridgehead atoms. The lowest BCUT2D eigenvalue weighted by molar-refractivity contribution is 0.00521. The molecule has 5 heteroatoms. The van der Waals surface area contributed by atoms with Crippen LogP contribution in [-0.2, 0) is 0 Å². The van der Waals surface area contributed by atoms with Crippen molar-refractivity contribution in [1.29, 1.82) is 0 Å². The van der Waals surface area contributed by atoms with E-state index in [0.29, 0.717) is 12.8 Å². The summed E-state index contributed by atoms with van der Waals surface area (Å²) in [7, 11) is 0. The van der Waals surface area contributed by atoms with Crippen molar-refractivity contribution in [2.75, 3.05) is 6.54 Å². The van der Waals surface area contributed by atoms with Gasteiger partial charge in [-0.1, -0.05) is 19.3 Å². The predicted octanol–water partition coefficient (Wildman–Crippen LogP) is 1.96. The Morgan fingerprint density at radius 1 is 1.32 bits per heavy atom. The molecule has 0 spiro atoms. The zero-order chi connectivity index (χ0) is 13.9. The Balaban J connectivity index is 1.97. The molecule has 0 aromatic heterocycles. The lowest BCUT2D eigenvalue weighted by Gasteiger charge is -2.32. The second-order valence-corrected chi connectivity index (χ2v) is 5.13. The van der Waals surface area contributed by atoms with Crippen LogP contribution >= 0.6 is 0 Å². The van der Waals surface area contributed by atoms with Crippen LogP contribution in [0.3, 0.4) is 0 Å². The number of aliphatic hydroxyl groups is 1. The summed E-state index contributed by atoms with van der Waals surface area (Å²) in [5, 5.41) is 21.9. The minimum absolute atomic E-state index is 0.128. The summed E-state index contributed by atoms with van der Waals surface area (Å²) < 4.78 is 13.5. The first-order chi connectivity index (χ1) is 9.00. The number of hydrogen-bond acceptors (Lipinski definition) is 3. The average molecular weight is 267 g/mol. The van der Waals surface area contributed by atoms with Gasteiger partial charge >= 0.3 is 0 Å². The van der Waals surface area contributed by atoms with Gasteiger partial charge < -0.3 is 15.5 Å². The van der Waals surface area contributed by atoms with Crippen molar-refractivity contribution in [3.8, 4) is 5.75 Å². The zero-order valence-electron chi connectivity index (χ0n) is 10.7. The quantitative estimate of drug-likeness (QED) is 0.784. The standard InChI is InChI=1S/C14H18FNO3/c15-12-8-10(17)4-5-11(12)13(18)16-9-14(19)6-2-1-3-7-14/h4-5,8,17,19H,1-3,6-7,9H2,(H,16,18). The van der Waals surface area contributed by atoms with E-state index in [9.17, 15) is 14.3 Å². The summed E-state index contributed by atoms with van der Waals surface area (Å²) in [4.78, 5) is 11.8. The van der Waals surface area contributed by atoms with Gasteiger partial charge in [-0.2, -0.15) is 0 Å². The van der Waals surface area contributed by atoms with Crippen molar-refractivity contribution in [1.82, 2.24) is 5.32 Å². The molecule has 0 heterocycles. The van der Waals surface area contributed by atoms with Crippen molar-refractivity contribution in [2.24, 2.45) is 0 Å². The van der Waals surface area contributed by atoms with E-state index in [1.54, 1.807) is 0 Å². The van der Waals surface area contributed by atoms with Gasteiger partial charge in [0.2, 0.25) is 0 Å². The van der Waals surface area contributed by atoms with Crippen molar-refractivity contribution in [2.45, 2.75) is 37.7 Å². The highest BCUT2D eigenvalue weighted by Crippen LogP contribution is 2.27. The molecule has 1 aromatic rings. The van der Waals surface area contributed by atoms with Crippen LogP contribution in [0.5, 0.6) is 5.75 Å². The van der Waals surface area contributed by atoms with Gasteiger partial charge in [0.1, 0.15) is 11.6 Å². The van der Waals surface area contributed by atoms with E-state index in [0.717, 1.165) is 25.3 Å². The molecular weight excluding hydrogens is 249 g/mol. The average Bonchev–Trinajstić information content (AvgIpc) is 2.37. The summed E-state index contributed by atoms with van der Waals surface area (Å²) >= 11 is 0. The van der Waals surface area contributed by atoms with E-state index in [1.165, 1.54) is 12.1 Å². The molecule has 0 saturated heterocycles. The highest BCUT2D eigenvalue weighted by atomic mass is 19.1. The van der Waals surface area contributed by atoms with Crippen molar-refractivity contribution < 1.29 is 19.4 Å². The Morgan fingerprint density at radius 3 is 2.63 bits per heavy atom. The topological polar surface area (TPSA) is 69.6 Å². The molecule has 104 valence electrons. The van der Waals surface area contributed by atoms with Gasteiger partial charge in [-0.15, -0.1) is 0 Å². The van der Waals surface area contributed by atoms with Crippen LogP contribution in [-0.4, -0.2) is 28.3 Å². The van der Waals surface area contributed by atoms with Gasteiger partial charge in [0.15, 0.2) is 0 Å². The van der Waals surface area contributed by atoms with Crippen LogP contribution in [0.25, 0.3) is 0 Å². The summed E-state index contributed by atoms with van der Waals surface area (Å²) in [6.45, 7) is 0.131. The molecule has 0 aliphatic heterocycles. The first-order valence-corrected chi connectivity index (χ1v) is 6.49. The predicted molar refractivity (Wildman–Crippen MR) is 68.4 cm³/mol. The molecule has 4 nitrogen and oxygen atoms in total. The van der Waals surface area contributed by atoms with E-state index >= 15 is 0 Å². The molecule has 1 amide bonds. The van der Waals surface area contributed by atoms with Gasteiger partial charge in [0.05, 0.1) is 11.2 Å². The van der Waals surface area contributed by atoms with Gasteiger partial charge in [0, 0.05) is 12.6 Å². The lowest BCUT2D eigenvalue weighted by Crippen LogP contribution is -2.44. The highest BCUT2D eigenvalue weighted by molar-refractivity contribution is 5.94. The number of nitrogens with one attached hydrogen (secondary N) is 1. The first-order valence-electron chi connectivity index (χ1n) is 6.49. The fourth-order valence-corrected chi connectivity index (χ4v) is 2.41. The number of halogens is 1. The maximum Gasteiger partial charge on any atom is 0.254 e. The van der Waals surface area contributed by atoms with Crippen molar-refractivity contribution in [3.63, 3.8) is 0 Å². The summed E-state index contributed by atoms with van der Waals surface area (Å²) in [6.07, 6.45) is 4.30. The third kappa shape index (κ3) is 3.44. The fourth-order valence-electron chi connectivity index (χ4n) is 2.41. The first kappa shape index (κ1) is 13.8. The number of carbonyl (C=O) groups excluding carboxylic acids is 1. The molecule has 19 heavy (non-hydrogen) atoms. The maximum absolute atomic E-state index is 13.5. The Morgan fingerprint density at radius 2 is 2.00 bits per heavy atom. The number of rotatable bonds is 3. The summed E-state index contributed by atoms with van der Waals surface area (Å²) in [5.74, 6) is -1.57. The highest BCUT2D eigenvalue weighted by Gasteiger charge is 2.29. The Labute approximate surface area is 111 Å². The second-order valence-electron chi connectivity index (χ2n) is 5.13. The van der Waals surface area contributed by atoms with Crippen LogP contribution in [0.2, 0.25) is 0 Å². The molecular formula is C14H18FNO3. The van der Waals surface area contributed by atoms with Crippen LogP contribution in [0, 0.1) is 5.82 Å².